The van der Waals surface area contributed by atoms with Gasteiger partial charge in [-0.2, -0.15) is 0 Å². The zero-order valence-corrected chi connectivity index (χ0v) is 13.3. The van der Waals surface area contributed by atoms with Gasteiger partial charge in [0.1, 0.15) is 5.76 Å². The summed E-state index contributed by atoms with van der Waals surface area (Å²) in [5, 5.41) is 14.3. The summed E-state index contributed by atoms with van der Waals surface area (Å²) in [6.45, 7) is 2.70. The van der Waals surface area contributed by atoms with Crippen LogP contribution in [0.25, 0.3) is 0 Å². The smallest absolute Gasteiger partial charge is 0.283 e. The number of hydrogen-bond donors (Lipinski definition) is 1. The number of halogens is 1. The lowest BCUT2D eigenvalue weighted by Gasteiger charge is -2.13. The SMILES string of the molecule is CC(CCc1ccco1)NCc1ccc(Br)c([N+](=O)[O-])c1. The molecule has 5 nitrogen and oxygen atoms in total. The van der Waals surface area contributed by atoms with Crippen LogP contribution < -0.4 is 5.32 Å². The van der Waals surface area contributed by atoms with E-state index in [1.165, 1.54) is 0 Å². The van der Waals surface area contributed by atoms with Gasteiger partial charge in [-0.3, -0.25) is 10.1 Å². The molecule has 0 fully saturated rings. The van der Waals surface area contributed by atoms with E-state index in [0.29, 0.717) is 17.1 Å². The van der Waals surface area contributed by atoms with Crippen molar-refractivity contribution in [1.29, 1.82) is 0 Å². The first-order valence-corrected chi connectivity index (χ1v) is 7.54. The Morgan fingerprint density at radius 3 is 2.90 bits per heavy atom. The van der Waals surface area contributed by atoms with Crippen LogP contribution in [-0.4, -0.2) is 11.0 Å². The van der Waals surface area contributed by atoms with Crippen molar-refractivity contribution in [2.75, 3.05) is 0 Å². The highest BCUT2D eigenvalue weighted by atomic mass is 79.9. The Hall–Kier alpha value is -1.66. The fourth-order valence-corrected chi connectivity index (χ4v) is 2.41. The minimum atomic E-state index is -0.381. The fourth-order valence-electron chi connectivity index (χ4n) is 2.02. The van der Waals surface area contributed by atoms with Crippen molar-refractivity contribution in [2.24, 2.45) is 0 Å². The van der Waals surface area contributed by atoms with Crippen LogP contribution in [0.4, 0.5) is 5.69 Å². The van der Waals surface area contributed by atoms with Crippen LogP contribution in [0.15, 0.2) is 45.5 Å². The number of rotatable bonds is 7. The lowest BCUT2D eigenvalue weighted by molar-refractivity contribution is -0.385. The molecule has 0 radical (unpaired) electrons. The van der Waals surface area contributed by atoms with Crippen LogP contribution in [0.2, 0.25) is 0 Å². The average Bonchev–Trinajstić information content (AvgIpc) is 2.97. The standard InChI is InChI=1S/C15H17BrN2O3/c1-11(4-6-13-3-2-8-21-13)17-10-12-5-7-14(16)15(9-12)18(19)20/h2-3,5,7-9,11,17H,4,6,10H2,1H3. The molecule has 0 saturated heterocycles. The molecule has 112 valence electrons. The second-order valence-corrected chi connectivity index (χ2v) is 5.80. The maximum Gasteiger partial charge on any atom is 0.283 e. The van der Waals surface area contributed by atoms with Crippen LogP contribution in [0, 0.1) is 10.1 Å². The van der Waals surface area contributed by atoms with Crippen molar-refractivity contribution >= 4 is 21.6 Å². The van der Waals surface area contributed by atoms with Crippen LogP contribution >= 0.6 is 15.9 Å². The molecule has 0 aliphatic carbocycles. The second kappa shape index (κ2) is 7.38. The first kappa shape index (κ1) is 15.7. The van der Waals surface area contributed by atoms with E-state index in [-0.39, 0.29) is 10.6 Å². The summed E-state index contributed by atoms with van der Waals surface area (Å²) < 4.78 is 5.80. The van der Waals surface area contributed by atoms with E-state index in [1.807, 2.05) is 18.2 Å². The van der Waals surface area contributed by atoms with Gasteiger partial charge in [-0.25, -0.2) is 0 Å². The van der Waals surface area contributed by atoms with Gasteiger partial charge in [0.15, 0.2) is 0 Å². The van der Waals surface area contributed by atoms with Gasteiger partial charge >= 0.3 is 0 Å². The molecule has 0 aliphatic rings. The van der Waals surface area contributed by atoms with Crippen molar-refractivity contribution in [3.63, 3.8) is 0 Å². The molecule has 1 aromatic carbocycles. The fraction of sp³-hybridized carbons (Fsp3) is 0.333. The van der Waals surface area contributed by atoms with Gasteiger partial charge in [0.05, 0.1) is 15.7 Å². The van der Waals surface area contributed by atoms with Crippen LogP contribution in [0.3, 0.4) is 0 Å². The van der Waals surface area contributed by atoms with Crippen LogP contribution in [-0.2, 0) is 13.0 Å². The zero-order valence-electron chi connectivity index (χ0n) is 11.7. The van der Waals surface area contributed by atoms with Gasteiger partial charge in [-0.15, -0.1) is 0 Å². The van der Waals surface area contributed by atoms with Crippen molar-refractivity contribution in [2.45, 2.75) is 32.4 Å². The Kier molecular flexibility index (Phi) is 5.52. The summed E-state index contributed by atoms with van der Waals surface area (Å²) in [7, 11) is 0. The number of nitro benzene ring substituents is 1. The van der Waals surface area contributed by atoms with Crippen LogP contribution in [0.5, 0.6) is 0 Å². The summed E-state index contributed by atoms with van der Waals surface area (Å²) in [6, 6.07) is 9.33. The highest BCUT2D eigenvalue weighted by molar-refractivity contribution is 9.10. The number of benzene rings is 1. The van der Waals surface area contributed by atoms with E-state index in [1.54, 1.807) is 18.4 Å². The Bertz CT molecular complexity index is 599. The lowest BCUT2D eigenvalue weighted by Crippen LogP contribution is -2.25. The zero-order chi connectivity index (χ0) is 15.2. The third kappa shape index (κ3) is 4.68. The average molecular weight is 353 g/mol. The van der Waals surface area contributed by atoms with Gasteiger partial charge in [0.2, 0.25) is 0 Å². The van der Waals surface area contributed by atoms with Crippen molar-refractivity contribution in [1.82, 2.24) is 5.32 Å². The molecule has 6 heteroatoms. The van der Waals surface area contributed by atoms with Gasteiger partial charge < -0.3 is 9.73 Å². The molecule has 1 aromatic heterocycles. The predicted molar refractivity (Wildman–Crippen MR) is 84.1 cm³/mol. The number of nitrogens with one attached hydrogen (secondary N) is 1. The summed E-state index contributed by atoms with van der Waals surface area (Å²) in [5.41, 5.74) is 0.993. The van der Waals surface area contributed by atoms with E-state index >= 15 is 0 Å². The third-order valence-corrected chi connectivity index (χ3v) is 3.94. The molecule has 1 heterocycles. The van der Waals surface area contributed by atoms with Crippen molar-refractivity contribution in [3.8, 4) is 0 Å². The molecular formula is C15H17BrN2O3. The Labute approximate surface area is 131 Å². The Morgan fingerprint density at radius 1 is 1.43 bits per heavy atom. The number of aryl methyl sites for hydroxylation is 1. The molecule has 0 aliphatic heterocycles. The Balaban J connectivity index is 1.84. The maximum absolute atomic E-state index is 10.9. The van der Waals surface area contributed by atoms with Crippen LogP contribution in [0.1, 0.15) is 24.7 Å². The largest absolute Gasteiger partial charge is 0.469 e. The molecular weight excluding hydrogens is 336 g/mol. The second-order valence-electron chi connectivity index (χ2n) is 4.94. The molecule has 2 rings (SSSR count). The Morgan fingerprint density at radius 2 is 2.24 bits per heavy atom. The molecule has 21 heavy (non-hydrogen) atoms. The van der Waals surface area contributed by atoms with E-state index in [0.717, 1.165) is 24.2 Å². The van der Waals surface area contributed by atoms with Crippen molar-refractivity contribution < 1.29 is 9.34 Å². The molecule has 1 N–H and O–H groups in total. The molecule has 0 amide bonds. The summed E-state index contributed by atoms with van der Waals surface area (Å²) in [4.78, 5) is 10.5. The van der Waals surface area contributed by atoms with Gasteiger partial charge in [0, 0.05) is 25.1 Å². The minimum absolute atomic E-state index is 0.0949. The number of nitro groups is 1. The number of nitrogens with zero attached hydrogens (tertiary/aromatic N) is 1. The quantitative estimate of drug-likeness (QED) is 0.602. The molecule has 1 atom stereocenters. The minimum Gasteiger partial charge on any atom is -0.469 e. The highest BCUT2D eigenvalue weighted by Gasteiger charge is 2.12. The van der Waals surface area contributed by atoms with E-state index in [4.69, 9.17) is 4.42 Å². The molecule has 2 aromatic rings. The van der Waals surface area contributed by atoms with E-state index < -0.39 is 0 Å². The summed E-state index contributed by atoms with van der Waals surface area (Å²) >= 11 is 3.19. The third-order valence-electron chi connectivity index (χ3n) is 3.27. The first-order chi connectivity index (χ1) is 10.1. The number of hydrogen-bond acceptors (Lipinski definition) is 4. The number of furan rings is 1. The van der Waals surface area contributed by atoms with Gasteiger partial charge in [-0.05, 0) is 53.0 Å². The summed E-state index contributed by atoms with van der Waals surface area (Å²) in [5.74, 6) is 0.975. The maximum atomic E-state index is 10.9. The first-order valence-electron chi connectivity index (χ1n) is 6.75. The molecule has 0 saturated carbocycles. The topological polar surface area (TPSA) is 68.3 Å². The summed E-state index contributed by atoms with van der Waals surface area (Å²) in [6.07, 6.45) is 3.50. The van der Waals surface area contributed by atoms with Gasteiger partial charge in [0.25, 0.3) is 5.69 Å². The van der Waals surface area contributed by atoms with E-state index in [2.05, 4.69) is 28.2 Å². The van der Waals surface area contributed by atoms with E-state index in [9.17, 15) is 10.1 Å². The predicted octanol–water partition coefficient (Wildman–Crippen LogP) is 4.06. The lowest BCUT2D eigenvalue weighted by atomic mass is 10.1. The molecule has 0 bridgehead atoms. The normalized spacial score (nSPS) is 12.3. The monoisotopic (exact) mass is 352 g/mol. The van der Waals surface area contributed by atoms with Gasteiger partial charge in [-0.1, -0.05) is 6.07 Å². The molecule has 1 unspecified atom stereocenters. The molecule has 0 spiro atoms. The van der Waals surface area contributed by atoms with Crippen molar-refractivity contribution in [3.05, 3.63) is 62.5 Å². The highest BCUT2D eigenvalue weighted by Crippen LogP contribution is 2.25.